The fourth-order valence-corrected chi connectivity index (χ4v) is 2.41. The van der Waals surface area contributed by atoms with E-state index in [1.54, 1.807) is 0 Å². The van der Waals surface area contributed by atoms with E-state index in [0.29, 0.717) is 19.0 Å². The van der Waals surface area contributed by atoms with Crippen LogP contribution in [0, 0.1) is 10.1 Å². The Morgan fingerprint density at radius 2 is 1.97 bits per heavy atom. The molecule has 0 saturated heterocycles. The first kappa shape index (κ1) is 21.9. The van der Waals surface area contributed by atoms with Gasteiger partial charge in [-0.25, -0.2) is 4.68 Å². The van der Waals surface area contributed by atoms with Crippen LogP contribution in [0.4, 0.5) is 24.5 Å². The quantitative estimate of drug-likeness (QED) is 0.390. The number of hydrogen-bond acceptors (Lipinski definition) is 6. The summed E-state index contributed by atoms with van der Waals surface area (Å²) in [7, 11) is 0. The molecule has 12 heteroatoms. The summed E-state index contributed by atoms with van der Waals surface area (Å²) in [6.07, 6.45) is -4.04. The predicted molar refractivity (Wildman–Crippen MR) is 97.7 cm³/mol. The number of rotatable bonds is 8. The summed E-state index contributed by atoms with van der Waals surface area (Å²) in [5, 5.41) is 20.1. The summed E-state index contributed by atoms with van der Waals surface area (Å²) in [6.45, 7) is 2.25. The van der Waals surface area contributed by atoms with E-state index in [0.717, 1.165) is 12.1 Å². The van der Waals surface area contributed by atoms with Crippen LogP contribution in [0.25, 0.3) is 0 Å². The summed E-state index contributed by atoms with van der Waals surface area (Å²) in [4.78, 5) is 33.8. The number of aromatic nitrogens is 2. The minimum atomic E-state index is -4.70. The van der Waals surface area contributed by atoms with E-state index in [1.807, 2.05) is 6.92 Å². The number of nitro benzene ring substituents is 1. The summed E-state index contributed by atoms with van der Waals surface area (Å²) in [5.41, 5.74) is -2.26. The lowest BCUT2D eigenvalue weighted by molar-refractivity contribution is -0.384. The van der Waals surface area contributed by atoms with E-state index in [4.69, 9.17) is 0 Å². The zero-order valence-electron chi connectivity index (χ0n) is 15.3. The number of benzene rings is 1. The van der Waals surface area contributed by atoms with Crippen LogP contribution in [-0.4, -0.2) is 33.7 Å². The lowest BCUT2D eigenvalue weighted by Gasteiger charge is -2.11. The standard InChI is InChI=1S/C17H18F3N5O4/c1-2-9-24-15(26)6-5-13(23-24)16(27)22-8-7-21-12-4-3-11(17(18,19)20)10-14(12)25(28)29/h3-6,10,21H,2,7-9H2,1H3,(H,22,27). The Kier molecular flexibility index (Phi) is 6.91. The average Bonchev–Trinajstić information content (AvgIpc) is 2.66. The number of amides is 1. The summed E-state index contributed by atoms with van der Waals surface area (Å²) in [6, 6.07) is 4.64. The maximum absolute atomic E-state index is 12.7. The van der Waals surface area contributed by atoms with Crippen molar-refractivity contribution in [2.75, 3.05) is 18.4 Å². The van der Waals surface area contributed by atoms with Gasteiger partial charge in [-0.2, -0.15) is 18.3 Å². The smallest absolute Gasteiger partial charge is 0.378 e. The number of hydrogen-bond donors (Lipinski definition) is 2. The van der Waals surface area contributed by atoms with Gasteiger partial charge >= 0.3 is 6.18 Å². The van der Waals surface area contributed by atoms with Crippen molar-refractivity contribution in [2.24, 2.45) is 0 Å². The molecule has 1 heterocycles. The molecule has 0 aliphatic heterocycles. The van der Waals surface area contributed by atoms with Gasteiger partial charge in [0, 0.05) is 31.8 Å². The highest BCUT2D eigenvalue weighted by molar-refractivity contribution is 5.92. The molecule has 1 aromatic heterocycles. The number of halogens is 3. The first-order chi connectivity index (χ1) is 13.6. The molecule has 29 heavy (non-hydrogen) atoms. The molecule has 1 amide bonds. The monoisotopic (exact) mass is 413 g/mol. The van der Waals surface area contributed by atoms with Crippen LogP contribution in [0.5, 0.6) is 0 Å². The summed E-state index contributed by atoms with van der Waals surface area (Å²) in [5.74, 6) is -0.557. The Bertz CT molecular complexity index is 959. The molecule has 2 rings (SSSR count). The SMILES string of the molecule is CCCn1nc(C(=O)NCCNc2ccc(C(F)(F)F)cc2[N+](=O)[O-])ccc1=O. The maximum atomic E-state index is 12.7. The first-order valence-corrected chi connectivity index (χ1v) is 8.59. The third-order valence-corrected chi connectivity index (χ3v) is 3.78. The molecule has 0 unspecified atom stereocenters. The molecule has 0 radical (unpaired) electrons. The van der Waals surface area contributed by atoms with Gasteiger partial charge in [-0.15, -0.1) is 0 Å². The van der Waals surface area contributed by atoms with E-state index < -0.39 is 28.3 Å². The predicted octanol–water partition coefficient (Wildman–Crippen LogP) is 2.42. The lowest BCUT2D eigenvalue weighted by Crippen LogP contribution is -2.32. The third-order valence-electron chi connectivity index (χ3n) is 3.78. The second-order valence-corrected chi connectivity index (χ2v) is 5.95. The number of alkyl halides is 3. The van der Waals surface area contributed by atoms with Crippen molar-refractivity contribution >= 4 is 17.3 Å². The number of nitrogens with one attached hydrogen (secondary N) is 2. The molecule has 0 bridgehead atoms. The molecule has 0 saturated carbocycles. The highest BCUT2D eigenvalue weighted by Crippen LogP contribution is 2.34. The van der Waals surface area contributed by atoms with E-state index >= 15 is 0 Å². The highest BCUT2D eigenvalue weighted by atomic mass is 19.4. The zero-order valence-corrected chi connectivity index (χ0v) is 15.3. The average molecular weight is 413 g/mol. The minimum absolute atomic E-state index is 0.0194. The van der Waals surface area contributed by atoms with Crippen LogP contribution in [-0.2, 0) is 12.7 Å². The van der Waals surface area contributed by atoms with E-state index in [1.165, 1.54) is 16.8 Å². The van der Waals surface area contributed by atoms with Gasteiger partial charge < -0.3 is 10.6 Å². The molecule has 2 aromatic rings. The van der Waals surface area contributed by atoms with Crippen LogP contribution in [0.1, 0.15) is 29.4 Å². The van der Waals surface area contributed by atoms with E-state index in [2.05, 4.69) is 15.7 Å². The molecule has 0 fully saturated rings. The number of aryl methyl sites for hydroxylation is 1. The van der Waals surface area contributed by atoms with Gasteiger partial charge in [-0.3, -0.25) is 19.7 Å². The van der Waals surface area contributed by atoms with Crippen molar-refractivity contribution in [3.63, 3.8) is 0 Å². The van der Waals surface area contributed by atoms with Gasteiger partial charge in [0.15, 0.2) is 0 Å². The molecular formula is C17H18F3N5O4. The summed E-state index contributed by atoms with van der Waals surface area (Å²) < 4.78 is 39.3. The molecule has 0 atom stereocenters. The van der Waals surface area contributed by atoms with E-state index in [9.17, 15) is 32.9 Å². The third kappa shape index (κ3) is 5.77. The van der Waals surface area contributed by atoms with Gasteiger partial charge in [0.1, 0.15) is 11.4 Å². The van der Waals surface area contributed by atoms with Crippen molar-refractivity contribution in [3.8, 4) is 0 Å². The first-order valence-electron chi connectivity index (χ1n) is 8.59. The van der Waals surface area contributed by atoms with Crippen molar-refractivity contribution < 1.29 is 22.9 Å². The summed E-state index contributed by atoms with van der Waals surface area (Å²) >= 11 is 0. The molecule has 0 aliphatic carbocycles. The zero-order chi connectivity index (χ0) is 21.6. The van der Waals surface area contributed by atoms with Gasteiger partial charge in [0.25, 0.3) is 17.2 Å². The molecule has 0 spiro atoms. The number of anilines is 1. The molecule has 2 N–H and O–H groups in total. The fraction of sp³-hybridized carbons (Fsp3) is 0.353. The Balaban J connectivity index is 1.98. The number of carbonyl (C=O) groups is 1. The topological polar surface area (TPSA) is 119 Å². The van der Waals surface area contributed by atoms with Gasteiger partial charge in [0.2, 0.25) is 0 Å². The van der Waals surface area contributed by atoms with Crippen molar-refractivity contribution in [2.45, 2.75) is 26.1 Å². The largest absolute Gasteiger partial charge is 0.416 e. The Labute approximate surface area is 162 Å². The van der Waals surface area contributed by atoms with Crippen LogP contribution in [0.15, 0.2) is 35.1 Å². The number of nitro groups is 1. The van der Waals surface area contributed by atoms with Crippen LogP contribution >= 0.6 is 0 Å². The highest BCUT2D eigenvalue weighted by Gasteiger charge is 2.33. The Hall–Kier alpha value is -3.44. The fourth-order valence-electron chi connectivity index (χ4n) is 2.41. The van der Waals surface area contributed by atoms with Crippen molar-refractivity contribution in [1.82, 2.24) is 15.1 Å². The molecule has 156 valence electrons. The molecule has 1 aromatic carbocycles. The van der Waals surface area contributed by atoms with Gasteiger partial charge in [-0.05, 0) is 24.6 Å². The normalized spacial score (nSPS) is 11.2. The minimum Gasteiger partial charge on any atom is -0.378 e. The molecule has 9 nitrogen and oxygen atoms in total. The van der Waals surface area contributed by atoms with Crippen LogP contribution in [0.3, 0.4) is 0 Å². The maximum Gasteiger partial charge on any atom is 0.416 e. The van der Waals surface area contributed by atoms with Crippen molar-refractivity contribution in [1.29, 1.82) is 0 Å². The van der Waals surface area contributed by atoms with Crippen LogP contribution < -0.4 is 16.2 Å². The van der Waals surface area contributed by atoms with Gasteiger partial charge in [-0.1, -0.05) is 6.92 Å². The molecule has 0 aliphatic rings. The number of carbonyl (C=O) groups excluding carboxylic acids is 1. The molecular weight excluding hydrogens is 395 g/mol. The Morgan fingerprint density at radius 3 is 2.59 bits per heavy atom. The number of nitrogens with zero attached hydrogens (tertiary/aromatic N) is 3. The van der Waals surface area contributed by atoms with Crippen molar-refractivity contribution in [3.05, 3.63) is 62.1 Å². The van der Waals surface area contributed by atoms with E-state index in [-0.39, 0.29) is 30.0 Å². The second-order valence-electron chi connectivity index (χ2n) is 5.95. The van der Waals surface area contributed by atoms with Crippen LogP contribution in [0.2, 0.25) is 0 Å². The van der Waals surface area contributed by atoms with Gasteiger partial charge in [0.05, 0.1) is 10.5 Å². The Morgan fingerprint density at radius 1 is 1.24 bits per heavy atom. The lowest BCUT2D eigenvalue weighted by atomic mass is 10.1. The second kappa shape index (κ2) is 9.17.